The monoisotopic (exact) mass is 613 g/mol. The number of benzene rings is 1. The highest BCUT2D eigenvalue weighted by Gasteiger charge is 2.21. The average Bonchev–Trinajstić information content (AvgIpc) is 3.59. The van der Waals surface area contributed by atoms with Crippen molar-refractivity contribution in [2.75, 3.05) is 32.2 Å². The van der Waals surface area contributed by atoms with Crippen LogP contribution in [-0.2, 0) is 14.6 Å². The standard InChI is InChI=1S/C30H28FN9O3S/c1-40(2)15-27(41)35-20-9-18(11-33-12-20)23-4-5-24-28(37-23)29(39-38-24)25-10-21-22(13-34-14-26(21)36-25)16-6-17(8-19(31)7-16)30(32)44(3,42)43/h4-14,30,36H,15,32H2,1-3H3,(H,35,41)(H,38,39). The van der Waals surface area contributed by atoms with Crippen LogP contribution in [0.3, 0.4) is 0 Å². The van der Waals surface area contributed by atoms with Crippen LogP contribution in [0.1, 0.15) is 10.9 Å². The van der Waals surface area contributed by atoms with Crippen LogP contribution in [-0.4, -0.2) is 76.3 Å². The number of aromatic amines is 2. The summed E-state index contributed by atoms with van der Waals surface area (Å²) >= 11 is 0. The molecular formula is C30H28FN9O3S. The molecule has 0 radical (unpaired) electrons. The first-order chi connectivity index (χ1) is 21.0. The lowest BCUT2D eigenvalue weighted by molar-refractivity contribution is -0.116. The third kappa shape index (κ3) is 5.77. The van der Waals surface area contributed by atoms with Crippen LogP contribution >= 0.6 is 0 Å². The van der Waals surface area contributed by atoms with Gasteiger partial charge in [0.25, 0.3) is 0 Å². The fraction of sp³-hybridized carbons (Fsp3) is 0.167. The number of carbonyl (C=O) groups is 1. The quantitative estimate of drug-likeness (QED) is 0.199. The summed E-state index contributed by atoms with van der Waals surface area (Å²) in [5, 5.41) is 9.71. The molecule has 6 rings (SSSR count). The van der Waals surface area contributed by atoms with Crippen LogP contribution in [0.2, 0.25) is 0 Å². The summed E-state index contributed by atoms with van der Waals surface area (Å²) in [7, 11) is -0.0199. The number of halogens is 1. The van der Waals surface area contributed by atoms with Gasteiger partial charge in [-0.25, -0.2) is 17.8 Å². The number of sulfone groups is 1. The predicted octanol–water partition coefficient (Wildman–Crippen LogP) is 3.87. The predicted molar refractivity (Wildman–Crippen MR) is 167 cm³/mol. The van der Waals surface area contributed by atoms with Crippen molar-refractivity contribution in [3.05, 3.63) is 78.6 Å². The normalized spacial score (nSPS) is 12.7. The maximum atomic E-state index is 14.7. The smallest absolute Gasteiger partial charge is 0.238 e. The first-order valence-corrected chi connectivity index (χ1v) is 15.4. The number of rotatable bonds is 8. The second kappa shape index (κ2) is 11.2. The number of pyridine rings is 3. The Morgan fingerprint density at radius 1 is 1.02 bits per heavy atom. The molecule has 0 aliphatic heterocycles. The van der Waals surface area contributed by atoms with Crippen molar-refractivity contribution in [1.29, 1.82) is 0 Å². The van der Waals surface area contributed by atoms with Gasteiger partial charge in [-0.15, -0.1) is 0 Å². The van der Waals surface area contributed by atoms with Gasteiger partial charge in [0.05, 0.1) is 47.0 Å². The lowest BCUT2D eigenvalue weighted by Crippen LogP contribution is -2.27. The van der Waals surface area contributed by atoms with E-state index in [1.807, 2.05) is 32.3 Å². The highest BCUT2D eigenvalue weighted by Crippen LogP contribution is 2.35. The van der Waals surface area contributed by atoms with Gasteiger partial charge in [0, 0.05) is 35.2 Å². The second-order valence-electron chi connectivity index (χ2n) is 10.8. The van der Waals surface area contributed by atoms with Crippen LogP contribution in [0, 0.1) is 5.82 Å². The molecule has 6 aromatic rings. The molecule has 5 heterocycles. The fourth-order valence-electron chi connectivity index (χ4n) is 4.97. The van der Waals surface area contributed by atoms with E-state index in [1.165, 1.54) is 6.07 Å². The van der Waals surface area contributed by atoms with E-state index in [0.717, 1.165) is 17.7 Å². The Hall–Kier alpha value is -5.05. The van der Waals surface area contributed by atoms with Crippen molar-refractivity contribution in [1.82, 2.24) is 35.0 Å². The fourth-order valence-corrected chi connectivity index (χ4v) is 5.60. The highest BCUT2D eigenvalue weighted by atomic mass is 32.2. The number of likely N-dealkylation sites (N-methyl/N-ethyl adjacent to an activating group) is 1. The molecule has 1 atom stereocenters. The number of nitrogens with two attached hydrogens (primary N) is 1. The molecule has 224 valence electrons. The number of fused-ring (bicyclic) bond motifs is 2. The number of H-pyrrole nitrogens is 2. The second-order valence-corrected chi connectivity index (χ2v) is 12.9. The van der Waals surface area contributed by atoms with E-state index in [2.05, 4.69) is 30.5 Å². The molecular weight excluding hydrogens is 585 g/mol. The minimum absolute atomic E-state index is 0.140. The SMILES string of the molecule is CN(C)CC(=O)Nc1cncc(-c2ccc3[nH]nc(-c4cc5c(-c6cc(F)cc(C(N)S(C)(=O)=O)c6)cncc5[nH]4)c3n2)c1. The molecule has 0 bridgehead atoms. The van der Waals surface area contributed by atoms with E-state index in [9.17, 15) is 17.6 Å². The van der Waals surface area contributed by atoms with Crippen LogP contribution in [0.4, 0.5) is 10.1 Å². The number of hydrogen-bond donors (Lipinski definition) is 4. The lowest BCUT2D eigenvalue weighted by atomic mass is 10.0. The van der Waals surface area contributed by atoms with Gasteiger partial charge in [-0.2, -0.15) is 5.10 Å². The minimum atomic E-state index is -3.65. The van der Waals surface area contributed by atoms with E-state index in [0.29, 0.717) is 56.0 Å². The Labute approximate surface area is 251 Å². The topological polar surface area (TPSA) is 176 Å². The van der Waals surface area contributed by atoms with Gasteiger partial charge >= 0.3 is 0 Å². The van der Waals surface area contributed by atoms with Gasteiger partial charge < -0.3 is 20.9 Å². The summed E-state index contributed by atoms with van der Waals surface area (Å²) in [5.41, 5.74) is 12.1. The van der Waals surface area contributed by atoms with Crippen molar-refractivity contribution in [3.63, 3.8) is 0 Å². The Bertz CT molecular complexity index is 2160. The van der Waals surface area contributed by atoms with Gasteiger partial charge in [0.1, 0.15) is 22.4 Å². The zero-order chi connectivity index (χ0) is 31.2. The molecule has 0 fully saturated rings. The Morgan fingerprint density at radius 2 is 1.82 bits per heavy atom. The third-order valence-corrected chi connectivity index (χ3v) is 8.20. The van der Waals surface area contributed by atoms with E-state index in [4.69, 9.17) is 10.7 Å². The Kier molecular flexibility index (Phi) is 7.41. The minimum Gasteiger partial charge on any atom is -0.352 e. The molecule has 1 aromatic carbocycles. The molecule has 12 nitrogen and oxygen atoms in total. The number of anilines is 1. The maximum absolute atomic E-state index is 14.7. The first-order valence-electron chi connectivity index (χ1n) is 13.4. The zero-order valence-electron chi connectivity index (χ0n) is 24.0. The Morgan fingerprint density at radius 3 is 2.59 bits per heavy atom. The summed E-state index contributed by atoms with van der Waals surface area (Å²) in [6.45, 7) is 0.239. The van der Waals surface area contributed by atoms with Crippen LogP contribution in [0.15, 0.2) is 67.3 Å². The molecule has 5 aromatic heterocycles. The molecule has 0 spiro atoms. The van der Waals surface area contributed by atoms with Crippen LogP contribution in [0.5, 0.6) is 0 Å². The summed E-state index contributed by atoms with van der Waals surface area (Å²) in [6.07, 6.45) is 7.47. The van der Waals surface area contributed by atoms with Gasteiger partial charge in [-0.1, -0.05) is 0 Å². The van der Waals surface area contributed by atoms with E-state index in [-0.39, 0.29) is 18.0 Å². The van der Waals surface area contributed by atoms with Gasteiger partial charge in [-0.05, 0) is 67.7 Å². The van der Waals surface area contributed by atoms with Gasteiger partial charge in [-0.3, -0.25) is 19.9 Å². The molecule has 14 heteroatoms. The van der Waals surface area contributed by atoms with Crippen molar-refractivity contribution in [3.8, 4) is 33.8 Å². The molecule has 5 N–H and O–H groups in total. The lowest BCUT2D eigenvalue weighted by Gasteiger charge is -2.12. The van der Waals surface area contributed by atoms with Crippen molar-refractivity contribution in [2.24, 2.45) is 5.73 Å². The number of nitrogens with one attached hydrogen (secondary N) is 3. The average molecular weight is 614 g/mol. The van der Waals surface area contributed by atoms with Crippen LogP contribution < -0.4 is 11.1 Å². The Balaban J connectivity index is 1.39. The van der Waals surface area contributed by atoms with Crippen molar-refractivity contribution >= 4 is 43.4 Å². The number of hydrogen-bond acceptors (Lipinski definition) is 9. The highest BCUT2D eigenvalue weighted by molar-refractivity contribution is 7.90. The van der Waals surface area contributed by atoms with Crippen molar-refractivity contribution < 1.29 is 17.6 Å². The molecule has 44 heavy (non-hydrogen) atoms. The van der Waals surface area contributed by atoms with E-state index < -0.39 is 21.0 Å². The molecule has 0 saturated heterocycles. The molecule has 0 aliphatic rings. The van der Waals surface area contributed by atoms with Gasteiger partial charge in [0.2, 0.25) is 5.91 Å². The molecule has 1 unspecified atom stereocenters. The number of carbonyl (C=O) groups excluding carboxylic acids is 1. The number of nitrogens with zero attached hydrogens (tertiary/aromatic N) is 5. The van der Waals surface area contributed by atoms with Crippen LogP contribution in [0.25, 0.3) is 55.7 Å². The number of amides is 1. The number of aromatic nitrogens is 6. The van der Waals surface area contributed by atoms with E-state index >= 15 is 0 Å². The zero-order valence-corrected chi connectivity index (χ0v) is 24.8. The van der Waals surface area contributed by atoms with E-state index in [1.54, 1.807) is 41.8 Å². The summed E-state index contributed by atoms with van der Waals surface area (Å²) in [5.74, 6) is -0.773. The summed E-state index contributed by atoms with van der Waals surface area (Å²) in [4.78, 5) is 30.8. The summed E-state index contributed by atoms with van der Waals surface area (Å²) < 4.78 is 38.8. The third-order valence-electron chi connectivity index (χ3n) is 7.01. The molecule has 0 aliphatic carbocycles. The summed E-state index contributed by atoms with van der Waals surface area (Å²) in [6, 6.07) is 11.3. The van der Waals surface area contributed by atoms with Gasteiger partial charge in [0.15, 0.2) is 9.84 Å². The molecule has 1 amide bonds. The van der Waals surface area contributed by atoms with Crippen molar-refractivity contribution in [2.45, 2.75) is 5.37 Å². The largest absolute Gasteiger partial charge is 0.352 e. The first kappa shape index (κ1) is 29.0. The maximum Gasteiger partial charge on any atom is 0.238 e. The molecule has 0 saturated carbocycles.